The Morgan fingerprint density at radius 3 is 2.40 bits per heavy atom. The third kappa shape index (κ3) is 7.98. The number of carbonyl (C=O) groups is 1. The van der Waals surface area contributed by atoms with E-state index in [1.54, 1.807) is 0 Å². The molecule has 0 aliphatic carbocycles. The molecule has 11 heteroatoms. The van der Waals surface area contributed by atoms with E-state index < -0.39 is 23.5 Å². The van der Waals surface area contributed by atoms with Gasteiger partial charge in [-0.3, -0.25) is 9.80 Å². The van der Waals surface area contributed by atoms with E-state index in [0.717, 1.165) is 12.6 Å². The van der Waals surface area contributed by atoms with Gasteiger partial charge in [0, 0.05) is 44.7 Å². The van der Waals surface area contributed by atoms with Crippen LogP contribution in [-0.4, -0.2) is 43.1 Å². The molecule has 0 radical (unpaired) electrons. The number of nitrogens with two attached hydrogens (primary N) is 1. The SMILES string of the molecule is Cl.Cl.Cl.N[C@@H](CC(=O)N1CCNCCN1)Cc1cc(F)c(F)cc1F. The van der Waals surface area contributed by atoms with Crippen LogP contribution in [0.4, 0.5) is 13.2 Å². The molecule has 1 heterocycles. The van der Waals surface area contributed by atoms with Crippen molar-refractivity contribution >= 4 is 43.1 Å². The third-order valence-electron chi connectivity index (χ3n) is 3.43. The lowest BCUT2D eigenvalue weighted by atomic mass is 10.0. The zero-order chi connectivity index (χ0) is 16.1. The van der Waals surface area contributed by atoms with Crippen LogP contribution in [0.3, 0.4) is 0 Å². The second-order valence-corrected chi connectivity index (χ2v) is 5.23. The van der Waals surface area contributed by atoms with Crippen molar-refractivity contribution in [2.75, 3.05) is 26.2 Å². The second kappa shape index (κ2) is 12.6. The molecule has 1 amide bonds. The molecule has 1 aromatic carbocycles. The summed E-state index contributed by atoms with van der Waals surface area (Å²) in [5.41, 5.74) is 8.76. The Balaban J connectivity index is 0. The van der Waals surface area contributed by atoms with Crippen LogP contribution in [-0.2, 0) is 11.2 Å². The maximum atomic E-state index is 13.6. The van der Waals surface area contributed by atoms with Crippen molar-refractivity contribution in [1.29, 1.82) is 0 Å². The van der Waals surface area contributed by atoms with E-state index in [1.807, 2.05) is 0 Å². The fourth-order valence-electron chi connectivity index (χ4n) is 2.30. The average Bonchev–Trinajstić information content (AvgIpc) is 2.73. The van der Waals surface area contributed by atoms with Gasteiger partial charge in [-0.15, -0.1) is 37.2 Å². The number of hydrogen-bond acceptors (Lipinski definition) is 4. The van der Waals surface area contributed by atoms with Crippen molar-refractivity contribution < 1.29 is 18.0 Å². The molecule has 25 heavy (non-hydrogen) atoms. The van der Waals surface area contributed by atoms with Crippen LogP contribution in [0.1, 0.15) is 12.0 Å². The van der Waals surface area contributed by atoms with Gasteiger partial charge in [0.25, 0.3) is 0 Å². The lowest BCUT2D eigenvalue weighted by Gasteiger charge is -2.22. The van der Waals surface area contributed by atoms with Crippen LogP contribution < -0.4 is 16.5 Å². The molecule has 2 rings (SSSR count). The Morgan fingerprint density at radius 2 is 1.72 bits per heavy atom. The van der Waals surface area contributed by atoms with E-state index in [-0.39, 0.29) is 61.5 Å². The number of hydrazine groups is 1. The Hall–Kier alpha value is -0.770. The highest BCUT2D eigenvalue weighted by Gasteiger charge is 2.20. The number of nitrogens with one attached hydrogen (secondary N) is 2. The quantitative estimate of drug-likeness (QED) is 0.641. The molecule has 0 aromatic heterocycles. The molecule has 0 bridgehead atoms. The Bertz CT molecular complexity index is 546. The molecule has 1 aromatic rings. The number of nitrogens with zero attached hydrogens (tertiary/aromatic N) is 1. The van der Waals surface area contributed by atoms with Crippen LogP contribution in [0.25, 0.3) is 0 Å². The van der Waals surface area contributed by atoms with Crippen molar-refractivity contribution in [3.63, 3.8) is 0 Å². The molecule has 1 aliphatic heterocycles. The van der Waals surface area contributed by atoms with Gasteiger partial charge in [0.1, 0.15) is 5.82 Å². The molecule has 1 aliphatic rings. The normalized spacial score (nSPS) is 15.1. The molecule has 0 spiro atoms. The first-order valence-electron chi connectivity index (χ1n) is 7.11. The van der Waals surface area contributed by atoms with Gasteiger partial charge in [-0.1, -0.05) is 0 Å². The first-order valence-corrected chi connectivity index (χ1v) is 7.11. The summed E-state index contributed by atoms with van der Waals surface area (Å²) in [6, 6.07) is 0.592. The van der Waals surface area contributed by atoms with Crippen molar-refractivity contribution in [2.45, 2.75) is 18.9 Å². The van der Waals surface area contributed by atoms with E-state index >= 15 is 0 Å². The molecule has 0 saturated carbocycles. The van der Waals surface area contributed by atoms with E-state index in [0.29, 0.717) is 25.7 Å². The first-order chi connectivity index (χ1) is 10.5. The largest absolute Gasteiger partial charge is 0.327 e. The summed E-state index contributed by atoms with van der Waals surface area (Å²) in [5.74, 6) is -3.44. The predicted molar refractivity (Wildman–Crippen MR) is 96.9 cm³/mol. The molecule has 4 N–H and O–H groups in total. The van der Waals surface area contributed by atoms with Crippen molar-refractivity contribution in [1.82, 2.24) is 15.8 Å². The van der Waals surface area contributed by atoms with Crippen LogP contribution in [0.15, 0.2) is 12.1 Å². The van der Waals surface area contributed by atoms with Crippen LogP contribution in [0, 0.1) is 17.5 Å². The van der Waals surface area contributed by atoms with Gasteiger partial charge >= 0.3 is 0 Å². The zero-order valence-corrected chi connectivity index (χ0v) is 15.7. The van der Waals surface area contributed by atoms with Gasteiger partial charge in [-0.2, -0.15) is 0 Å². The second-order valence-electron chi connectivity index (χ2n) is 5.23. The van der Waals surface area contributed by atoms with Gasteiger partial charge in [0.05, 0.1) is 0 Å². The molecule has 0 unspecified atom stereocenters. The summed E-state index contributed by atoms with van der Waals surface area (Å²) in [6.07, 6.45) is -0.0493. The van der Waals surface area contributed by atoms with E-state index in [9.17, 15) is 18.0 Å². The van der Waals surface area contributed by atoms with Crippen LogP contribution in [0.5, 0.6) is 0 Å². The van der Waals surface area contributed by atoms with E-state index in [4.69, 9.17) is 5.73 Å². The highest BCUT2D eigenvalue weighted by Crippen LogP contribution is 2.16. The minimum absolute atomic E-state index is 0. The average molecular weight is 426 g/mol. The van der Waals surface area contributed by atoms with E-state index in [1.165, 1.54) is 5.01 Å². The number of hydrogen-bond donors (Lipinski definition) is 3. The molecule has 1 saturated heterocycles. The third-order valence-corrected chi connectivity index (χ3v) is 3.43. The summed E-state index contributed by atoms with van der Waals surface area (Å²) in [4.78, 5) is 12.1. The number of halogens is 6. The Kier molecular flexibility index (Phi) is 13.3. The smallest absolute Gasteiger partial charge is 0.238 e. The minimum Gasteiger partial charge on any atom is -0.327 e. The van der Waals surface area contributed by atoms with Gasteiger partial charge in [0.2, 0.25) is 5.91 Å². The fourth-order valence-corrected chi connectivity index (χ4v) is 2.30. The lowest BCUT2D eigenvalue weighted by Crippen LogP contribution is -2.45. The summed E-state index contributed by atoms with van der Waals surface area (Å²) in [7, 11) is 0. The number of benzene rings is 1. The minimum atomic E-state index is -1.24. The van der Waals surface area contributed by atoms with Crippen molar-refractivity contribution in [3.05, 3.63) is 35.1 Å². The number of amides is 1. The zero-order valence-electron chi connectivity index (χ0n) is 13.3. The standard InChI is InChI=1S/C14H19F3N4O.3ClH/c15-11-8-13(17)12(16)6-9(11)5-10(18)7-14(22)21-4-3-19-1-2-20-21;;;/h6,8,10,19-20H,1-5,7,18H2;3*1H/t10-;;;/m1.../s1. The van der Waals surface area contributed by atoms with Crippen LogP contribution in [0.2, 0.25) is 0 Å². The molecule has 5 nitrogen and oxygen atoms in total. The Labute approximate surface area is 163 Å². The van der Waals surface area contributed by atoms with Crippen LogP contribution >= 0.6 is 37.2 Å². The lowest BCUT2D eigenvalue weighted by molar-refractivity contribution is -0.134. The molecular weight excluding hydrogens is 404 g/mol. The molecule has 1 atom stereocenters. The van der Waals surface area contributed by atoms with Gasteiger partial charge in [0.15, 0.2) is 11.6 Å². The van der Waals surface area contributed by atoms with Gasteiger partial charge < -0.3 is 11.1 Å². The number of rotatable bonds is 4. The highest BCUT2D eigenvalue weighted by atomic mass is 35.5. The summed E-state index contributed by atoms with van der Waals surface area (Å²) < 4.78 is 39.6. The first kappa shape index (κ1) is 26.5. The summed E-state index contributed by atoms with van der Waals surface area (Å²) in [5, 5.41) is 4.60. The van der Waals surface area contributed by atoms with Crippen molar-refractivity contribution in [3.8, 4) is 0 Å². The number of carbonyl (C=O) groups excluding carboxylic acids is 1. The highest BCUT2D eigenvalue weighted by molar-refractivity contribution is 5.86. The maximum absolute atomic E-state index is 13.6. The maximum Gasteiger partial charge on any atom is 0.238 e. The van der Waals surface area contributed by atoms with Gasteiger partial charge in [-0.05, 0) is 18.1 Å². The molecule has 146 valence electrons. The van der Waals surface area contributed by atoms with Gasteiger partial charge in [-0.25, -0.2) is 18.6 Å². The monoisotopic (exact) mass is 424 g/mol. The molecular formula is C14H22Cl3F3N4O. The Morgan fingerprint density at radius 1 is 1.08 bits per heavy atom. The predicted octanol–water partition coefficient (Wildman–Crippen LogP) is 1.57. The molecule has 1 fully saturated rings. The van der Waals surface area contributed by atoms with Crippen molar-refractivity contribution in [2.24, 2.45) is 5.73 Å². The fraction of sp³-hybridized carbons (Fsp3) is 0.500. The van der Waals surface area contributed by atoms with E-state index in [2.05, 4.69) is 10.7 Å². The summed E-state index contributed by atoms with van der Waals surface area (Å²) >= 11 is 0. The summed E-state index contributed by atoms with van der Waals surface area (Å²) in [6.45, 7) is 2.56. The topological polar surface area (TPSA) is 70.4 Å².